The van der Waals surface area contributed by atoms with Crippen LogP contribution in [0.4, 0.5) is 0 Å². The molecule has 3 aromatic heterocycles. The molecule has 0 atom stereocenters. The number of H-pyrrole nitrogens is 1. The Labute approximate surface area is 368 Å². The van der Waals surface area contributed by atoms with Gasteiger partial charge in [-0.15, -0.1) is 4.73 Å². The molecule has 5 heterocycles. The second-order valence-electron chi connectivity index (χ2n) is 16.8. The van der Waals surface area contributed by atoms with Gasteiger partial charge in [-0.1, -0.05) is 144 Å². The maximum Gasteiger partial charge on any atom is 0.181 e. The van der Waals surface area contributed by atoms with Gasteiger partial charge < -0.3 is 9.82 Å². The highest BCUT2D eigenvalue weighted by Gasteiger charge is 2.27. The Hall–Kier alpha value is -6.74. The minimum Gasteiger partial charge on any atom is -0.372 e. The summed E-state index contributed by atoms with van der Waals surface area (Å²) in [5.74, 6) is 3.00. The van der Waals surface area contributed by atoms with Crippen LogP contribution in [0.1, 0.15) is 101 Å². The van der Waals surface area contributed by atoms with Crippen LogP contribution in [0.2, 0.25) is 0 Å². The van der Waals surface area contributed by atoms with Crippen LogP contribution in [-0.2, 0) is 25.7 Å². The van der Waals surface area contributed by atoms with Crippen molar-refractivity contribution >= 4 is 44.1 Å². The van der Waals surface area contributed by atoms with E-state index in [0.29, 0.717) is 40.3 Å². The van der Waals surface area contributed by atoms with Crippen molar-refractivity contribution in [3.63, 3.8) is 0 Å². The van der Waals surface area contributed by atoms with Crippen LogP contribution < -0.4 is 4.84 Å². The summed E-state index contributed by atoms with van der Waals surface area (Å²) in [6.07, 6.45) is 13.0. The molecule has 63 heavy (non-hydrogen) atoms. The van der Waals surface area contributed by atoms with Crippen LogP contribution in [0.15, 0.2) is 103 Å². The molecule has 1 N–H and O–H groups in total. The molecule has 0 saturated carbocycles. The first-order chi connectivity index (χ1) is 31.1. The Bertz CT molecular complexity index is 2980. The second-order valence-corrected chi connectivity index (χ2v) is 16.8. The van der Waals surface area contributed by atoms with Gasteiger partial charge in [0.2, 0.25) is 0 Å². The van der Waals surface area contributed by atoms with E-state index in [2.05, 4.69) is 81.2 Å². The lowest BCUT2D eigenvalue weighted by Gasteiger charge is -2.22. The number of hydrogen-bond donors (Lipinski definition) is 1. The highest BCUT2D eigenvalue weighted by atomic mass is 16.7. The Morgan fingerprint density at radius 3 is 1.19 bits per heavy atom. The number of nitrogens with zero attached hydrogens (tertiary/aromatic N) is 7. The Balaban J connectivity index is 1.42. The number of para-hydroxylation sites is 1. The zero-order valence-corrected chi connectivity index (χ0v) is 36.8. The van der Waals surface area contributed by atoms with E-state index in [-0.39, 0.29) is 0 Å². The zero-order valence-electron chi connectivity index (χ0n) is 36.8. The fourth-order valence-electron chi connectivity index (χ4n) is 9.48. The fourth-order valence-corrected chi connectivity index (χ4v) is 9.48. The van der Waals surface area contributed by atoms with Crippen molar-refractivity contribution in [2.45, 2.75) is 105 Å². The van der Waals surface area contributed by atoms with Crippen molar-refractivity contribution in [2.75, 3.05) is 0 Å². The fraction of sp³-hybridized carbons (Fsp3) is 0.296. The highest BCUT2D eigenvalue weighted by Crippen LogP contribution is 2.42. The standard InChI is InChI=1S/C54H54N8O/c1-5-9-24-35-36(25-10-6-2)38(27-12-8-4)46-45(37(35)26-11-7-3)51-57-47-39-28-16-18-30-41(39)49(55-47)60-53-43-32-20-21-33-44(43)54(62(53)63-34-22-14-13-15-23-34)61-50-42-31-19-17-29-40(42)48(56-50)58-52(46)59-51/h13-23,28-33H,5-12,24-27H2,1-4H3,(H,55,56,57,58,59,60,61). The van der Waals surface area contributed by atoms with E-state index < -0.39 is 0 Å². The van der Waals surface area contributed by atoms with Crippen molar-refractivity contribution in [3.05, 3.63) is 125 Å². The maximum atomic E-state index is 6.76. The molecule has 0 radical (unpaired) electrons. The van der Waals surface area contributed by atoms with Crippen molar-refractivity contribution in [3.8, 4) is 51.3 Å². The first kappa shape index (κ1) is 40.3. The third-order valence-electron chi connectivity index (χ3n) is 12.6. The van der Waals surface area contributed by atoms with Crippen LogP contribution in [0.5, 0.6) is 5.75 Å². The lowest BCUT2D eigenvalue weighted by atomic mass is 9.82. The first-order valence-corrected chi connectivity index (χ1v) is 23.2. The smallest absolute Gasteiger partial charge is 0.181 e. The number of unbranched alkanes of at least 4 members (excludes halogenated alkanes) is 4. The molecule has 0 fully saturated rings. The van der Waals surface area contributed by atoms with Gasteiger partial charge in [0.1, 0.15) is 11.3 Å². The molecule has 316 valence electrons. The quantitative estimate of drug-likeness (QED) is 0.116. The predicted octanol–water partition coefficient (Wildman–Crippen LogP) is 13.6. The van der Waals surface area contributed by atoms with Crippen LogP contribution in [-0.4, -0.2) is 39.6 Å². The molecule has 0 spiro atoms. The second kappa shape index (κ2) is 17.6. The van der Waals surface area contributed by atoms with Crippen molar-refractivity contribution in [2.24, 2.45) is 0 Å². The summed E-state index contributed by atoms with van der Waals surface area (Å²) in [7, 11) is 0. The minimum atomic E-state index is 0.560. The van der Waals surface area contributed by atoms with E-state index in [9.17, 15) is 0 Å². The Kier molecular flexibility index (Phi) is 11.2. The molecule has 8 aromatic rings. The molecule has 0 saturated heterocycles. The number of rotatable bonds is 14. The van der Waals surface area contributed by atoms with Gasteiger partial charge in [-0.3, -0.25) is 0 Å². The highest BCUT2D eigenvalue weighted by molar-refractivity contribution is 6.10. The van der Waals surface area contributed by atoms with Gasteiger partial charge >= 0.3 is 0 Å². The number of benzene rings is 5. The van der Waals surface area contributed by atoms with Crippen LogP contribution in [0, 0.1) is 0 Å². The third-order valence-corrected chi connectivity index (χ3v) is 12.6. The zero-order chi connectivity index (χ0) is 42.9. The lowest BCUT2D eigenvalue weighted by molar-refractivity contribution is 0.238. The van der Waals surface area contributed by atoms with E-state index >= 15 is 0 Å². The molecule has 0 unspecified atom stereocenters. The molecule has 10 rings (SSSR count). The van der Waals surface area contributed by atoms with Gasteiger partial charge in [-0.25, -0.2) is 29.9 Å². The third kappa shape index (κ3) is 7.33. The number of aryl methyl sites for hydroxylation is 2. The molecule has 9 nitrogen and oxygen atoms in total. The summed E-state index contributed by atoms with van der Waals surface area (Å²) in [5.41, 5.74) is 12.3. The van der Waals surface area contributed by atoms with E-state index in [1.165, 1.54) is 33.0 Å². The van der Waals surface area contributed by atoms with E-state index in [4.69, 9.17) is 34.7 Å². The van der Waals surface area contributed by atoms with Crippen molar-refractivity contribution in [1.29, 1.82) is 0 Å². The first-order valence-electron chi connectivity index (χ1n) is 23.2. The van der Waals surface area contributed by atoms with Gasteiger partial charge in [0.25, 0.3) is 0 Å². The molecular formula is C54H54N8O. The molecule has 5 aromatic carbocycles. The Morgan fingerprint density at radius 2 is 0.778 bits per heavy atom. The Morgan fingerprint density at radius 1 is 0.413 bits per heavy atom. The number of hydrogen-bond acceptors (Lipinski definition) is 7. The summed E-state index contributed by atoms with van der Waals surface area (Å²) >= 11 is 0. The van der Waals surface area contributed by atoms with Gasteiger partial charge in [-0.05, 0) is 85.8 Å². The van der Waals surface area contributed by atoms with Crippen LogP contribution in [0.25, 0.3) is 89.7 Å². The van der Waals surface area contributed by atoms with Crippen LogP contribution in [0.3, 0.4) is 0 Å². The van der Waals surface area contributed by atoms with Gasteiger partial charge in [0.05, 0.1) is 0 Å². The maximum absolute atomic E-state index is 6.76. The molecule has 0 amide bonds. The average Bonchev–Trinajstić information content (AvgIpc) is 4.04. The average molecular weight is 831 g/mol. The number of nitrogens with one attached hydrogen (secondary N) is 1. The molecule has 2 aliphatic rings. The summed E-state index contributed by atoms with van der Waals surface area (Å²) in [5, 5.41) is 4.11. The summed E-state index contributed by atoms with van der Waals surface area (Å²) in [6, 6.07) is 34.5. The molecule has 9 heteroatoms. The minimum absolute atomic E-state index is 0.560. The van der Waals surface area contributed by atoms with Crippen molar-refractivity contribution < 1.29 is 4.84 Å². The molecule has 8 bridgehead atoms. The monoisotopic (exact) mass is 830 g/mol. The van der Waals surface area contributed by atoms with Gasteiger partial charge in [0, 0.05) is 43.8 Å². The number of fused-ring (bicyclic) bond motifs is 20. The SMILES string of the molecule is CCCCc1c(CCCC)c(CCCC)c2c3nc4nc(nc5c6ccccc6c(nc6nc(nc([nH]3)c2c1CCCC)-c1ccccc1-6)n5Oc1ccccc1)-c1ccccc1-4. The topological polar surface area (TPSA) is 107 Å². The van der Waals surface area contributed by atoms with Crippen molar-refractivity contribution in [1.82, 2.24) is 39.6 Å². The van der Waals surface area contributed by atoms with Crippen LogP contribution >= 0.6 is 0 Å². The summed E-state index contributed by atoms with van der Waals surface area (Å²) < 4.78 is 1.73. The molecular weight excluding hydrogens is 777 g/mol. The van der Waals surface area contributed by atoms with E-state index in [1.807, 2.05) is 54.6 Å². The molecule has 2 aliphatic heterocycles. The summed E-state index contributed by atoms with van der Waals surface area (Å²) in [6.45, 7) is 9.19. The number of aromatic amines is 1. The van der Waals surface area contributed by atoms with E-state index in [1.54, 1.807) is 4.73 Å². The number of aromatic nitrogens is 8. The van der Waals surface area contributed by atoms with Gasteiger partial charge in [0.15, 0.2) is 40.3 Å². The largest absolute Gasteiger partial charge is 0.372 e. The molecule has 0 aliphatic carbocycles. The predicted molar refractivity (Wildman–Crippen MR) is 257 cm³/mol. The van der Waals surface area contributed by atoms with Gasteiger partial charge in [-0.2, -0.15) is 0 Å². The van der Waals surface area contributed by atoms with E-state index in [0.717, 1.165) is 121 Å². The normalized spacial score (nSPS) is 11.9. The summed E-state index contributed by atoms with van der Waals surface area (Å²) in [4.78, 5) is 43.2. The lowest BCUT2D eigenvalue weighted by Crippen LogP contribution is -2.08.